The first-order chi connectivity index (χ1) is 21.0. The minimum Gasteiger partial charge on any atom is -0.457 e. The highest BCUT2D eigenvalue weighted by Crippen LogP contribution is 2.30. The van der Waals surface area contributed by atoms with Gasteiger partial charge in [0.05, 0.1) is 10.6 Å². The molecule has 11 heteroatoms. The molecule has 0 heterocycles. The van der Waals surface area contributed by atoms with Crippen molar-refractivity contribution in [2.75, 3.05) is 17.9 Å². The number of carbonyl (C=O) groups excluding carboxylic acids is 2. The lowest BCUT2D eigenvalue weighted by molar-refractivity contribution is -0.140. The lowest BCUT2D eigenvalue weighted by Gasteiger charge is -2.33. The van der Waals surface area contributed by atoms with Gasteiger partial charge in [0, 0.05) is 29.2 Å². The molecule has 0 radical (unpaired) electrons. The molecule has 2 amide bonds. The Morgan fingerprint density at radius 2 is 1.43 bits per heavy atom. The number of ether oxygens (including phenoxy) is 1. The largest absolute Gasteiger partial charge is 0.457 e. The van der Waals surface area contributed by atoms with Crippen LogP contribution in [-0.2, 0) is 26.2 Å². The van der Waals surface area contributed by atoms with E-state index in [-0.39, 0.29) is 23.5 Å². The van der Waals surface area contributed by atoms with E-state index < -0.39 is 34.4 Å². The van der Waals surface area contributed by atoms with E-state index in [2.05, 4.69) is 5.32 Å². The molecule has 4 aromatic rings. The van der Waals surface area contributed by atoms with Crippen LogP contribution in [0.2, 0.25) is 10.0 Å². The number of nitrogens with one attached hydrogen (secondary N) is 1. The van der Waals surface area contributed by atoms with Crippen LogP contribution >= 0.6 is 23.2 Å². The molecular weight excluding hydrogens is 621 g/mol. The Morgan fingerprint density at radius 3 is 2.00 bits per heavy atom. The highest BCUT2D eigenvalue weighted by atomic mass is 35.5. The second-order valence-corrected chi connectivity index (χ2v) is 12.7. The molecule has 0 fully saturated rings. The lowest BCUT2D eigenvalue weighted by Crippen LogP contribution is -2.51. The fourth-order valence-corrected chi connectivity index (χ4v) is 6.54. The van der Waals surface area contributed by atoms with E-state index in [1.54, 1.807) is 73.7 Å². The number of aryl methyl sites for hydroxylation is 1. The Kier molecular flexibility index (Phi) is 10.9. The maximum atomic E-state index is 14.1. The van der Waals surface area contributed by atoms with Crippen molar-refractivity contribution >= 4 is 50.7 Å². The van der Waals surface area contributed by atoms with Gasteiger partial charge in [-0.2, -0.15) is 0 Å². The minimum atomic E-state index is -4.23. The van der Waals surface area contributed by atoms with Crippen LogP contribution in [0.5, 0.6) is 11.5 Å². The van der Waals surface area contributed by atoms with E-state index in [9.17, 15) is 18.0 Å². The van der Waals surface area contributed by atoms with Crippen LogP contribution in [0.4, 0.5) is 5.69 Å². The van der Waals surface area contributed by atoms with Crippen molar-refractivity contribution in [2.45, 2.75) is 37.8 Å². The molecule has 230 valence electrons. The van der Waals surface area contributed by atoms with Crippen LogP contribution in [0.3, 0.4) is 0 Å². The minimum absolute atomic E-state index is 0.0135. The van der Waals surface area contributed by atoms with Crippen molar-refractivity contribution in [3.8, 4) is 11.5 Å². The first-order valence-electron chi connectivity index (χ1n) is 13.9. The van der Waals surface area contributed by atoms with Crippen molar-refractivity contribution in [1.29, 1.82) is 0 Å². The molecular formula is C33H33Cl2N3O5S. The average molecular weight is 655 g/mol. The van der Waals surface area contributed by atoms with Crippen LogP contribution in [0, 0.1) is 6.92 Å². The molecule has 0 aliphatic heterocycles. The number of hydrogen-bond donors (Lipinski definition) is 1. The van der Waals surface area contributed by atoms with Crippen molar-refractivity contribution in [1.82, 2.24) is 10.2 Å². The standard InChI is InChI=1S/C33H33Cl2N3O5S/c1-4-31(33(40)36-3)37(21-28-29(34)11-8-12-30(28)35)32(39)22-38(44(41,42)27-19-13-23(2)14-20-27)24-15-17-26(18-16-24)43-25-9-6-5-7-10-25/h5-20,31H,4,21-22H2,1-3H3,(H,36,40)/t31-/m0/s1. The molecule has 8 nitrogen and oxygen atoms in total. The third-order valence-corrected chi connectivity index (χ3v) is 9.51. The van der Waals surface area contributed by atoms with E-state index >= 15 is 0 Å². The first kappa shape index (κ1) is 32.9. The Bertz CT molecular complexity index is 1680. The number of para-hydroxylation sites is 1. The van der Waals surface area contributed by atoms with Crippen LogP contribution in [0.15, 0.2) is 102 Å². The normalized spacial score (nSPS) is 11.8. The predicted molar refractivity (Wildman–Crippen MR) is 174 cm³/mol. The molecule has 0 unspecified atom stereocenters. The fraction of sp³-hybridized carbons (Fsp3) is 0.212. The van der Waals surface area contributed by atoms with Crippen molar-refractivity contribution < 1.29 is 22.7 Å². The summed E-state index contributed by atoms with van der Waals surface area (Å²) in [5, 5.41) is 3.23. The molecule has 0 saturated heterocycles. The second kappa shape index (κ2) is 14.6. The van der Waals surface area contributed by atoms with Crippen molar-refractivity contribution in [3.05, 3.63) is 118 Å². The van der Waals surface area contributed by atoms with Gasteiger partial charge in [-0.3, -0.25) is 13.9 Å². The van der Waals surface area contributed by atoms with E-state index in [1.165, 1.54) is 24.1 Å². The number of anilines is 1. The first-order valence-corrected chi connectivity index (χ1v) is 16.1. The number of halogens is 2. The molecule has 0 aliphatic carbocycles. The highest BCUT2D eigenvalue weighted by molar-refractivity contribution is 7.92. The van der Waals surface area contributed by atoms with E-state index in [4.69, 9.17) is 27.9 Å². The average Bonchev–Trinajstić information content (AvgIpc) is 3.02. The molecule has 1 N–H and O–H groups in total. The number of amides is 2. The van der Waals surface area contributed by atoms with E-state index in [1.807, 2.05) is 25.1 Å². The van der Waals surface area contributed by atoms with E-state index in [0.717, 1.165) is 9.87 Å². The van der Waals surface area contributed by atoms with Crippen molar-refractivity contribution in [2.24, 2.45) is 0 Å². The maximum absolute atomic E-state index is 14.1. The number of rotatable bonds is 12. The van der Waals surface area contributed by atoms with Crippen LogP contribution in [0.1, 0.15) is 24.5 Å². The molecule has 0 spiro atoms. The third kappa shape index (κ3) is 7.72. The molecule has 4 rings (SSSR count). The number of hydrogen-bond acceptors (Lipinski definition) is 5. The summed E-state index contributed by atoms with van der Waals surface area (Å²) in [6.07, 6.45) is 0.268. The Morgan fingerprint density at radius 1 is 0.841 bits per heavy atom. The summed E-state index contributed by atoms with van der Waals surface area (Å²) in [5.41, 5.74) is 1.57. The number of benzene rings is 4. The number of sulfonamides is 1. The molecule has 44 heavy (non-hydrogen) atoms. The zero-order chi connectivity index (χ0) is 31.9. The summed E-state index contributed by atoms with van der Waals surface area (Å²) in [6, 6.07) is 26.0. The number of carbonyl (C=O) groups is 2. The summed E-state index contributed by atoms with van der Waals surface area (Å²) >= 11 is 12.9. The van der Waals surface area contributed by atoms with Gasteiger partial charge < -0.3 is 15.0 Å². The number of nitrogens with zero attached hydrogens (tertiary/aromatic N) is 2. The van der Waals surface area contributed by atoms with Gasteiger partial charge in [-0.05, 0) is 74.0 Å². The van der Waals surface area contributed by atoms with Gasteiger partial charge in [0.2, 0.25) is 11.8 Å². The lowest BCUT2D eigenvalue weighted by atomic mass is 10.1. The number of likely N-dealkylation sites (N-methyl/N-ethyl adjacent to an activating group) is 1. The zero-order valence-electron chi connectivity index (χ0n) is 24.5. The second-order valence-electron chi connectivity index (χ2n) is 9.99. The third-order valence-electron chi connectivity index (χ3n) is 7.01. The summed E-state index contributed by atoms with van der Waals surface area (Å²) < 4.78 is 35.1. The maximum Gasteiger partial charge on any atom is 0.264 e. The molecule has 0 saturated carbocycles. The highest BCUT2D eigenvalue weighted by Gasteiger charge is 2.34. The Balaban J connectivity index is 1.75. The van der Waals surface area contributed by atoms with Gasteiger partial charge in [-0.1, -0.05) is 72.1 Å². The molecule has 0 aliphatic rings. The van der Waals surface area contributed by atoms with Gasteiger partial charge in [-0.25, -0.2) is 8.42 Å². The zero-order valence-corrected chi connectivity index (χ0v) is 26.9. The van der Waals surface area contributed by atoms with Gasteiger partial charge >= 0.3 is 0 Å². The summed E-state index contributed by atoms with van der Waals surface area (Å²) in [7, 11) is -2.75. The summed E-state index contributed by atoms with van der Waals surface area (Å²) in [4.78, 5) is 28.4. The van der Waals surface area contributed by atoms with Gasteiger partial charge in [-0.15, -0.1) is 0 Å². The Hall–Kier alpha value is -4.05. The molecule has 4 aromatic carbocycles. The summed E-state index contributed by atoms with van der Waals surface area (Å²) in [5.74, 6) is 0.0870. The van der Waals surface area contributed by atoms with Crippen LogP contribution in [-0.4, -0.2) is 44.8 Å². The van der Waals surface area contributed by atoms with Crippen LogP contribution < -0.4 is 14.4 Å². The monoisotopic (exact) mass is 653 g/mol. The quantitative estimate of drug-likeness (QED) is 0.181. The Labute approximate surface area is 268 Å². The van der Waals surface area contributed by atoms with Crippen LogP contribution in [0.25, 0.3) is 0 Å². The van der Waals surface area contributed by atoms with Crippen molar-refractivity contribution in [3.63, 3.8) is 0 Å². The topological polar surface area (TPSA) is 96.0 Å². The van der Waals surface area contributed by atoms with Gasteiger partial charge in [0.1, 0.15) is 24.1 Å². The van der Waals surface area contributed by atoms with Gasteiger partial charge in [0.25, 0.3) is 10.0 Å². The molecule has 1 atom stereocenters. The predicted octanol–water partition coefficient (Wildman–Crippen LogP) is 6.84. The smallest absolute Gasteiger partial charge is 0.264 e. The fourth-order valence-electron chi connectivity index (χ4n) is 4.61. The van der Waals surface area contributed by atoms with E-state index in [0.29, 0.717) is 27.1 Å². The van der Waals surface area contributed by atoms with Gasteiger partial charge in [0.15, 0.2) is 0 Å². The molecule has 0 aromatic heterocycles. The molecule has 0 bridgehead atoms. The SMILES string of the molecule is CC[C@@H](C(=O)NC)N(Cc1c(Cl)cccc1Cl)C(=O)CN(c1ccc(Oc2ccccc2)cc1)S(=O)(=O)c1ccc(C)cc1. The summed E-state index contributed by atoms with van der Waals surface area (Å²) in [6.45, 7) is 2.92.